The van der Waals surface area contributed by atoms with Gasteiger partial charge in [-0.05, 0) is 12.3 Å². The van der Waals surface area contributed by atoms with E-state index in [0.717, 1.165) is 12.1 Å². The van der Waals surface area contributed by atoms with Crippen molar-refractivity contribution in [2.75, 3.05) is 7.05 Å². The molecule has 0 bridgehead atoms. The van der Waals surface area contributed by atoms with Crippen LogP contribution in [-0.2, 0) is 4.79 Å². The summed E-state index contributed by atoms with van der Waals surface area (Å²) in [5.41, 5.74) is 1.13. The first-order chi connectivity index (χ1) is 5.52. The maximum atomic E-state index is 11.3. The van der Waals surface area contributed by atoms with E-state index < -0.39 is 0 Å². The van der Waals surface area contributed by atoms with Crippen molar-refractivity contribution in [2.45, 2.75) is 27.2 Å². The highest BCUT2D eigenvalue weighted by atomic mass is 16.2. The second-order valence-corrected chi connectivity index (χ2v) is 3.71. The lowest BCUT2D eigenvalue weighted by Gasteiger charge is -2.26. The van der Waals surface area contributed by atoms with Crippen molar-refractivity contribution in [3.63, 3.8) is 0 Å². The van der Waals surface area contributed by atoms with Crippen LogP contribution < -0.4 is 0 Å². The summed E-state index contributed by atoms with van der Waals surface area (Å²) in [7, 11) is 1.72. The molecule has 1 aliphatic rings. The first-order valence-corrected chi connectivity index (χ1v) is 4.37. The van der Waals surface area contributed by atoms with Gasteiger partial charge in [0.15, 0.2) is 0 Å². The van der Waals surface area contributed by atoms with Gasteiger partial charge in [0.05, 0.1) is 0 Å². The molecule has 0 radical (unpaired) electrons. The molecule has 1 aliphatic heterocycles. The fourth-order valence-corrected chi connectivity index (χ4v) is 1.35. The van der Waals surface area contributed by atoms with E-state index in [1.54, 1.807) is 7.05 Å². The van der Waals surface area contributed by atoms with Gasteiger partial charge < -0.3 is 0 Å². The summed E-state index contributed by atoms with van der Waals surface area (Å²) in [6.45, 7) is 6.17. The minimum Gasteiger partial charge on any atom is -0.273 e. The smallest absolute Gasteiger partial charge is 0.245 e. The first kappa shape index (κ1) is 9.23. The number of nitrogens with zero attached hydrogens (tertiary/aromatic N) is 2. The van der Waals surface area contributed by atoms with Gasteiger partial charge in [-0.1, -0.05) is 20.8 Å². The highest BCUT2D eigenvalue weighted by molar-refractivity contribution is 5.94. The van der Waals surface area contributed by atoms with Crippen molar-refractivity contribution in [2.24, 2.45) is 16.9 Å². The van der Waals surface area contributed by atoms with Crippen LogP contribution in [-0.4, -0.2) is 23.7 Å². The van der Waals surface area contributed by atoms with Crippen molar-refractivity contribution < 1.29 is 4.79 Å². The Morgan fingerprint density at radius 2 is 2.17 bits per heavy atom. The highest BCUT2D eigenvalue weighted by Crippen LogP contribution is 2.17. The Labute approximate surface area is 73.4 Å². The van der Waals surface area contributed by atoms with E-state index in [-0.39, 0.29) is 11.8 Å². The molecule has 1 atom stereocenters. The molecule has 0 saturated carbocycles. The fraction of sp³-hybridized carbons (Fsp3) is 0.778. The lowest BCUT2D eigenvalue weighted by Crippen LogP contribution is -2.36. The highest BCUT2D eigenvalue weighted by Gasteiger charge is 2.25. The Kier molecular flexibility index (Phi) is 2.50. The molecule has 0 aromatic carbocycles. The standard InChI is InChI=1S/C9H16N2O/c1-6(2)8-5-7(3)9(12)11(4)10-8/h6-7H,5H2,1-4H3. The van der Waals surface area contributed by atoms with Gasteiger partial charge in [0.2, 0.25) is 5.91 Å². The van der Waals surface area contributed by atoms with Crippen LogP contribution in [0.25, 0.3) is 0 Å². The number of hydrogen-bond donors (Lipinski definition) is 0. The molecule has 1 rings (SSSR count). The van der Waals surface area contributed by atoms with Crippen LogP contribution in [0, 0.1) is 11.8 Å². The number of rotatable bonds is 1. The third-order valence-corrected chi connectivity index (χ3v) is 2.20. The topological polar surface area (TPSA) is 32.7 Å². The van der Waals surface area contributed by atoms with Crippen LogP contribution in [0.5, 0.6) is 0 Å². The molecule has 1 amide bonds. The van der Waals surface area contributed by atoms with Crippen molar-refractivity contribution in [1.29, 1.82) is 0 Å². The molecule has 0 spiro atoms. The van der Waals surface area contributed by atoms with Gasteiger partial charge in [0.25, 0.3) is 0 Å². The molecular weight excluding hydrogens is 152 g/mol. The van der Waals surface area contributed by atoms with E-state index in [4.69, 9.17) is 0 Å². The summed E-state index contributed by atoms with van der Waals surface area (Å²) in [6.07, 6.45) is 0.820. The molecule has 0 aromatic heterocycles. The largest absolute Gasteiger partial charge is 0.273 e. The lowest BCUT2D eigenvalue weighted by atomic mass is 9.95. The van der Waals surface area contributed by atoms with E-state index in [0.29, 0.717) is 5.92 Å². The molecule has 3 heteroatoms. The Balaban J connectivity index is 2.81. The Hall–Kier alpha value is -0.860. The van der Waals surface area contributed by atoms with Crippen molar-refractivity contribution in [3.8, 4) is 0 Å². The normalized spacial score (nSPS) is 24.8. The molecule has 68 valence electrons. The number of carbonyl (C=O) groups is 1. The summed E-state index contributed by atoms with van der Waals surface area (Å²) in [5.74, 6) is 0.673. The zero-order valence-electron chi connectivity index (χ0n) is 8.16. The summed E-state index contributed by atoms with van der Waals surface area (Å²) in [4.78, 5) is 11.3. The van der Waals surface area contributed by atoms with Gasteiger partial charge >= 0.3 is 0 Å². The van der Waals surface area contributed by atoms with Crippen molar-refractivity contribution >= 4 is 11.6 Å². The first-order valence-electron chi connectivity index (χ1n) is 4.37. The predicted octanol–water partition coefficient (Wildman–Crippen LogP) is 1.50. The van der Waals surface area contributed by atoms with Crippen molar-refractivity contribution in [1.82, 2.24) is 5.01 Å². The maximum absolute atomic E-state index is 11.3. The molecule has 12 heavy (non-hydrogen) atoms. The zero-order valence-corrected chi connectivity index (χ0v) is 8.16. The summed E-state index contributed by atoms with van der Waals surface area (Å²) in [6, 6.07) is 0. The van der Waals surface area contributed by atoms with E-state index in [1.165, 1.54) is 5.01 Å². The zero-order chi connectivity index (χ0) is 9.30. The molecular formula is C9H16N2O. The summed E-state index contributed by atoms with van der Waals surface area (Å²) < 4.78 is 0. The minimum absolute atomic E-state index is 0.102. The number of hydrazone groups is 1. The third-order valence-electron chi connectivity index (χ3n) is 2.20. The molecule has 3 nitrogen and oxygen atoms in total. The van der Waals surface area contributed by atoms with Crippen LogP contribution in [0.2, 0.25) is 0 Å². The molecule has 0 N–H and O–H groups in total. The van der Waals surface area contributed by atoms with Crippen molar-refractivity contribution in [3.05, 3.63) is 0 Å². The average Bonchev–Trinajstić information content (AvgIpc) is 1.99. The monoisotopic (exact) mass is 168 g/mol. The van der Waals surface area contributed by atoms with Crippen LogP contribution in [0.15, 0.2) is 5.10 Å². The van der Waals surface area contributed by atoms with Crippen LogP contribution in [0.4, 0.5) is 0 Å². The SMILES string of the molecule is CC(C)C1=NN(C)C(=O)C(C)C1. The van der Waals surface area contributed by atoms with Gasteiger partial charge in [0, 0.05) is 18.7 Å². The van der Waals surface area contributed by atoms with E-state index in [2.05, 4.69) is 18.9 Å². The number of carbonyl (C=O) groups excluding carboxylic acids is 1. The molecule has 0 aromatic rings. The van der Waals surface area contributed by atoms with Gasteiger partial charge in [-0.25, -0.2) is 5.01 Å². The molecule has 0 saturated heterocycles. The second-order valence-electron chi connectivity index (χ2n) is 3.71. The third kappa shape index (κ3) is 1.65. The summed E-state index contributed by atoms with van der Waals surface area (Å²) in [5, 5.41) is 5.68. The Morgan fingerprint density at radius 1 is 1.58 bits per heavy atom. The number of hydrogen-bond acceptors (Lipinski definition) is 2. The maximum Gasteiger partial charge on any atom is 0.245 e. The van der Waals surface area contributed by atoms with Crippen LogP contribution >= 0.6 is 0 Å². The number of amides is 1. The lowest BCUT2D eigenvalue weighted by molar-refractivity contribution is -0.134. The van der Waals surface area contributed by atoms with Gasteiger partial charge in [-0.15, -0.1) is 0 Å². The summed E-state index contributed by atoms with van der Waals surface area (Å²) >= 11 is 0. The Bertz CT molecular complexity index is 221. The average molecular weight is 168 g/mol. The molecule has 0 fully saturated rings. The van der Waals surface area contributed by atoms with Gasteiger partial charge in [-0.3, -0.25) is 4.79 Å². The molecule has 1 heterocycles. The van der Waals surface area contributed by atoms with E-state index in [9.17, 15) is 4.79 Å². The van der Waals surface area contributed by atoms with E-state index >= 15 is 0 Å². The van der Waals surface area contributed by atoms with Crippen LogP contribution in [0.3, 0.4) is 0 Å². The van der Waals surface area contributed by atoms with Crippen LogP contribution in [0.1, 0.15) is 27.2 Å². The van der Waals surface area contributed by atoms with Gasteiger partial charge in [-0.2, -0.15) is 5.10 Å². The predicted molar refractivity (Wildman–Crippen MR) is 48.8 cm³/mol. The quantitative estimate of drug-likeness (QED) is 0.584. The second kappa shape index (κ2) is 3.25. The fourth-order valence-electron chi connectivity index (χ4n) is 1.35. The minimum atomic E-state index is 0.102. The van der Waals surface area contributed by atoms with Gasteiger partial charge in [0.1, 0.15) is 0 Å². The molecule has 1 unspecified atom stereocenters. The molecule has 0 aliphatic carbocycles. The Morgan fingerprint density at radius 3 is 2.58 bits per heavy atom. The van der Waals surface area contributed by atoms with E-state index in [1.807, 2.05) is 6.92 Å².